The molecular formula is C15H31NO3S. The van der Waals surface area contributed by atoms with Crippen LogP contribution in [0, 0.1) is 5.92 Å². The molecule has 120 valence electrons. The molecule has 5 heteroatoms. The highest BCUT2D eigenvalue weighted by atomic mass is 32.2. The van der Waals surface area contributed by atoms with E-state index in [9.17, 15) is 8.42 Å². The average Bonchev–Trinajstić information content (AvgIpc) is 2.72. The zero-order chi connectivity index (χ0) is 15.2. The molecule has 0 aliphatic carbocycles. The Kier molecular flexibility index (Phi) is 6.95. The van der Waals surface area contributed by atoms with E-state index in [1.807, 2.05) is 0 Å². The topological polar surface area (TPSA) is 55.4 Å². The van der Waals surface area contributed by atoms with Crippen molar-refractivity contribution in [2.75, 3.05) is 25.2 Å². The fourth-order valence-corrected chi connectivity index (χ4v) is 4.62. The maximum Gasteiger partial charge on any atom is 0.150 e. The lowest BCUT2D eigenvalue weighted by Crippen LogP contribution is -2.35. The zero-order valence-electron chi connectivity index (χ0n) is 13.4. The number of hydrogen-bond acceptors (Lipinski definition) is 4. The van der Waals surface area contributed by atoms with E-state index in [0.29, 0.717) is 23.5 Å². The summed E-state index contributed by atoms with van der Waals surface area (Å²) in [6.07, 6.45) is 4.94. The van der Waals surface area contributed by atoms with E-state index in [0.717, 1.165) is 38.6 Å². The first-order chi connectivity index (χ1) is 9.28. The van der Waals surface area contributed by atoms with Crippen LogP contribution >= 0.6 is 0 Å². The molecule has 1 saturated heterocycles. The highest BCUT2D eigenvalue weighted by Crippen LogP contribution is 2.26. The van der Waals surface area contributed by atoms with Crippen LogP contribution in [0.2, 0.25) is 0 Å². The normalized spacial score (nSPS) is 23.9. The molecule has 1 aliphatic rings. The van der Waals surface area contributed by atoms with Gasteiger partial charge in [-0.2, -0.15) is 0 Å². The number of sulfone groups is 1. The number of hydrogen-bond donors (Lipinski definition) is 1. The third kappa shape index (κ3) is 6.55. The highest BCUT2D eigenvalue weighted by Gasteiger charge is 2.30. The van der Waals surface area contributed by atoms with Gasteiger partial charge < -0.3 is 10.1 Å². The summed E-state index contributed by atoms with van der Waals surface area (Å²) in [5.74, 6) is 1.09. The second kappa shape index (κ2) is 7.76. The van der Waals surface area contributed by atoms with Crippen LogP contribution in [0.15, 0.2) is 0 Å². The Balaban J connectivity index is 2.47. The van der Waals surface area contributed by atoms with Crippen molar-refractivity contribution >= 4 is 9.84 Å². The van der Waals surface area contributed by atoms with Gasteiger partial charge in [0.15, 0.2) is 9.84 Å². The van der Waals surface area contributed by atoms with Crippen LogP contribution in [0.5, 0.6) is 0 Å². The first-order valence-electron chi connectivity index (χ1n) is 7.77. The highest BCUT2D eigenvalue weighted by molar-refractivity contribution is 7.91. The van der Waals surface area contributed by atoms with Gasteiger partial charge in [-0.3, -0.25) is 0 Å². The molecule has 0 aromatic heterocycles. The molecule has 1 N–H and O–H groups in total. The molecule has 1 rings (SSSR count). The van der Waals surface area contributed by atoms with Gasteiger partial charge in [0, 0.05) is 13.2 Å². The largest absolute Gasteiger partial charge is 0.379 e. The summed E-state index contributed by atoms with van der Waals surface area (Å²) in [5.41, 5.74) is -0.103. The van der Waals surface area contributed by atoms with Gasteiger partial charge in [0.25, 0.3) is 0 Å². The molecule has 0 aromatic carbocycles. The average molecular weight is 305 g/mol. The molecule has 0 aromatic rings. The Morgan fingerprint density at radius 3 is 2.60 bits per heavy atom. The van der Waals surface area contributed by atoms with Crippen molar-refractivity contribution in [2.45, 2.75) is 64.5 Å². The first-order valence-corrected chi connectivity index (χ1v) is 9.59. The van der Waals surface area contributed by atoms with Gasteiger partial charge in [-0.15, -0.1) is 0 Å². The molecule has 20 heavy (non-hydrogen) atoms. The Morgan fingerprint density at radius 1 is 1.40 bits per heavy atom. The smallest absolute Gasteiger partial charge is 0.150 e. The van der Waals surface area contributed by atoms with E-state index >= 15 is 0 Å². The van der Waals surface area contributed by atoms with E-state index in [2.05, 4.69) is 26.1 Å². The van der Waals surface area contributed by atoms with E-state index in [-0.39, 0.29) is 5.60 Å². The third-order valence-electron chi connectivity index (χ3n) is 4.28. The molecule has 0 saturated carbocycles. The van der Waals surface area contributed by atoms with E-state index in [1.54, 1.807) is 7.11 Å². The monoisotopic (exact) mass is 305 g/mol. The molecule has 1 heterocycles. The second-order valence-electron chi connectivity index (χ2n) is 6.66. The van der Waals surface area contributed by atoms with E-state index < -0.39 is 9.84 Å². The Hall–Kier alpha value is -0.130. The molecule has 4 nitrogen and oxygen atoms in total. The van der Waals surface area contributed by atoms with E-state index in [4.69, 9.17) is 4.74 Å². The second-order valence-corrected chi connectivity index (χ2v) is 8.89. The predicted octanol–water partition coefficient (Wildman–Crippen LogP) is 2.38. The van der Waals surface area contributed by atoms with Crippen LogP contribution in [-0.2, 0) is 14.6 Å². The lowest BCUT2D eigenvalue weighted by Gasteiger charge is -2.27. The molecule has 0 amide bonds. The zero-order valence-corrected chi connectivity index (χ0v) is 14.3. The minimum absolute atomic E-state index is 0.103. The van der Waals surface area contributed by atoms with Gasteiger partial charge in [0.1, 0.15) is 0 Å². The summed E-state index contributed by atoms with van der Waals surface area (Å²) in [6.45, 7) is 7.36. The molecule has 0 spiro atoms. The molecule has 1 aliphatic heterocycles. The molecule has 2 unspecified atom stereocenters. The summed E-state index contributed by atoms with van der Waals surface area (Å²) in [5, 5.41) is 3.57. The Labute approximate surface area is 124 Å². The molecule has 0 radical (unpaired) electrons. The quantitative estimate of drug-likeness (QED) is 0.710. The van der Waals surface area contributed by atoms with Gasteiger partial charge in [-0.05, 0) is 58.4 Å². The summed E-state index contributed by atoms with van der Waals surface area (Å²) < 4.78 is 28.6. The van der Waals surface area contributed by atoms with Crippen LogP contribution in [0.25, 0.3) is 0 Å². The lowest BCUT2D eigenvalue weighted by atomic mass is 9.92. The minimum Gasteiger partial charge on any atom is -0.379 e. The maximum atomic E-state index is 11.6. The van der Waals surface area contributed by atoms with Crippen LogP contribution in [-0.4, -0.2) is 45.2 Å². The number of nitrogens with one attached hydrogen (secondary N) is 1. The van der Waals surface area contributed by atoms with Gasteiger partial charge >= 0.3 is 0 Å². The molecule has 2 atom stereocenters. The van der Waals surface area contributed by atoms with Gasteiger partial charge in [0.05, 0.1) is 17.1 Å². The summed E-state index contributed by atoms with van der Waals surface area (Å²) in [6, 6.07) is 0.405. The molecule has 1 fully saturated rings. The van der Waals surface area contributed by atoms with Crippen molar-refractivity contribution in [3.8, 4) is 0 Å². The van der Waals surface area contributed by atoms with E-state index in [1.165, 1.54) is 0 Å². The van der Waals surface area contributed by atoms with Crippen molar-refractivity contribution in [3.05, 3.63) is 0 Å². The van der Waals surface area contributed by atoms with Crippen molar-refractivity contribution < 1.29 is 13.2 Å². The summed E-state index contributed by atoms with van der Waals surface area (Å²) >= 11 is 0. The standard InChI is InChI=1S/C15H31NO3S/c1-5-9-16-14(6-8-15(2,3)19-4)11-13-7-10-20(17,18)12-13/h13-14,16H,5-12H2,1-4H3. The Morgan fingerprint density at radius 2 is 2.10 bits per heavy atom. The number of ether oxygens (including phenoxy) is 1. The molecule has 0 bridgehead atoms. The number of methoxy groups -OCH3 is 1. The van der Waals surface area contributed by atoms with Gasteiger partial charge in [-0.25, -0.2) is 8.42 Å². The fourth-order valence-electron chi connectivity index (χ4n) is 2.74. The van der Waals surface area contributed by atoms with Crippen molar-refractivity contribution in [2.24, 2.45) is 5.92 Å². The van der Waals surface area contributed by atoms with Crippen LogP contribution in [0.1, 0.15) is 52.9 Å². The lowest BCUT2D eigenvalue weighted by molar-refractivity contribution is 0.0112. The number of rotatable bonds is 9. The summed E-state index contributed by atoms with van der Waals surface area (Å²) in [4.78, 5) is 0. The minimum atomic E-state index is -2.76. The predicted molar refractivity (Wildman–Crippen MR) is 83.8 cm³/mol. The maximum absolute atomic E-state index is 11.6. The van der Waals surface area contributed by atoms with Gasteiger partial charge in [-0.1, -0.05) is 6.92 Å². The fraction of sp³-hybridized carbons (Fsp3) is 1.00. The van der Waals surface area contributed by atoms with Crippen molar-refractivity contribution in [1.82, 2.24) is 5.32 Å². The third-order valence-corrected chi connectivity index (χ3v) is 6.11. The van der Waals surface area contributed by atoms with Crippen LogP contribution < -0.4 is 5.32 Å². The van der Waals surface area contributed by atoms with Crippen molar-refractivity contribution in [1.29, 1.82) is 0 Å². The molecular weight excluding hydrogens is 274 g/mol. The first kappa shape index (κ1) is 17.9. The van der Waals surface area contributed by atoms with Crippen LogP contribution in [0.3, 0.4) is 0 Å². The van der Waals surface area contributed by atoms with Gasteiger partial charge in [0.2, 0.25) is 0 Å². The summed E-state index contributed by atoms with van der Waals surface area (Å²) in [7, 11) is -1.01. The Bertz CT molecular complexity index is 379. The van der Waals surface area contributed by atoms with Crippen molar-refractivity contribution in [3.63, 3.8) is 0 Å². The SMILES string of the molecule is CCCNC(CCC(C)(C)OC)CC1CCS(=O)(=O)C1. The van der Waals surface area contributed by atoms with Crippen LogP contribution in [0.4, 0.5) is 0 Å².